The minimum atomic E-state index is 0.753. The van der Waals surface area contributed by atoms with Crippen molar-refractivity contribution < 1.29 is 0 Å². The van der Waals surface area contributed by atoms with Crippen LogP contribution in [0.3, 0.4) is 0 Å². The lowest BCUT2D eigenvalue weighted by atomic mass is 10.1. The molecule has 0 amide bonds. The van der Waals surface area contributed by atoms with Gasteiger partial charge in [0.15, 0.2) is 0 Å². The Kier molecular flexibility index (Phi) is 3.87. The molecule has 1 nitrogen and oxygen atoms in total. The summed E-state index contributed by atoms with van der Waals surface area (Å²) >= 11 is 0. The highest BCUT2D eigenvalue weighted by Crippen LogP contribution is 2.31. The van der Waals surface area contributed by atoms with Crippen LogP contribution < -0.4 is 4.90 Å². The van der Waals surface area contributed by atoms with Crippen LogP contribution in [-0.4, -0.2) is 12.6 Å². The van der Waals surface area contributed by atoms with Gasteiger partial charge in [-0.15, -0.1) is 0 Å². The van der Waals surface area contributed by atoms with Gasteiger partial charge in [-0.1, -0.05) is 44.9 Å². The number of anilines is 1. The van der Waals surface area contributed by atoms with Crippen LogP contribution in [0.5, 0.6) is 0 Å². The topological polar surface area (TPSA) is 3.24 Å². The molecular weight excluding hydrogens is 194 g/mol. The van der Waals surface area contributed by atoms with E-state index in [-0.39, 0.29) is 0 Å². The number of hydrogen-bond donors (Lipinski definition) is 0. The first-order chi connectivity index (χ1) is 7.86. The van der Waals surface area contributed by atoms with E-state index in [1.165, 1.54) is 49.9 Å². The monoisotopic (exact) mass is 217 g/mol. The molecular formula is C15H23N. The molecule has 1 aromatic rings. The molecule has 1 atom stereocenters. The molecule has 1 heteroatoms. The Morgan fingerprint density at radius 3 is 2.81 bits per heavy atom. The molecule has 0 spiro atoms. The van der Waals surface area contributed by atoms with Crippen molar-refractivity contribution in [1.29, 1.82) is 0 Å². The van der Waals surface area contributed by atoms with Crippen LogP contribution in [0.4, 0.5) is 5.69 Å². The van der Waals surface area contributed by atoms with Gasteiger partial charge in [-0.2, -0.15) is 0 Å². The molecule has 88 valence electrons. The number of nitrogens with zero attached hydrogens (tertiary/aromatic N) is 1. The molecule has 1 aromatic carbocycles. The summed E-state index contributed by atoms with van der Waals surface area (Å²) in [6.45, 7) is 5.83. The Bertz CT molecular complexity index is 332. The van der Waals surface area contributed by atoms with Crippen LogP contribution in [0, 0.1) is 0 Å². The molecule has 0 aliphatic carbocycles. The van der Waals surface area contributed by atoms with Crippen molar-refractivity contribution in [1.82, 2.24) is 0 Å². The molecule has 0 radical (unpaired) electrons. The summed E-state index contributed by atoms with van der Waals surface area (Å²) in [5.74, 6) is 0. The van der Waals surface area contributed by atoms with Crippen LogP contribution in [0.1, 0.15) is 45.1 Å². The zero-order valence-electron chi connectivity index (χ0n) is 10.6. The van der Waals surface area contributed by atoms with Crippen molar-refractivity contribution in [2.75, 3.05) is 11.4 Å². The Morgan fingerprint density at radius 2 is 2.06 bits per heavy atom. The Balaban J connectivity index is 2.10. The van der Waals surface area contributed by atoms with Crippen LogP contribution in [-0.2, 0) is 6.42 Å². The van der Waals surface area contributed by atoms with Gasteiger partial charge < -0.3 is 4.90 Å². The number of rotatable bonds is 5. The van der Waals surface area contributed by atoms with Gasteiger partial charge in [0.1, 0.15) is 0 Å². The van der Waals surface area contributed by atoms with E-state index in [4.69, 9.17) is 0 Å². The van der Waals surface area contributed by atoms with E-state index < -0.39 is 0 Å². The molecule has 16 heavy (non-hydrogen) atoms. The predicted molar refractivity (Wildman–Crippen MR) is 71.1 cm³/mol. The molecule has 0 bridgehead atoms. The average Bonchev–Trinajstić information content (AvgIpc) is 2.75. The average molecular weight is 217 g/mol. The van der Waals surface area contributed by atoms with E-state index in [0.29, 0.717) is 0 Å². The van der Waals surface area contributed by atoms with Gasteiger partial charge in [-0.3, -0.25) is 0 Å². The quantitative estimate of drug-likeness (QED) is 0.720. The predicted octanol–water partition coefficient (Wildman–Crippen LogP) is 4.02. The molecule has 1 aliphatic rings. The van der Waals surface area contributed by atoms with Crippen molar-refractivity contribution in [2.24, 2.45) is 0 Å². The number of hydrogen-bond acceptors (Lipinski definition) is 1. The summed E-state index contributed by atoms with van der Waals surface area (Å²) in [7, 11) is 0. The third kappa shape index (κ3) is 2.23. The SMILES string of the molecule is CCCCC(CC)N1CCc2ccccc21. The molecule has 0 fully saturated rings. The zero-order valence-corrected chi connectivity index (χ0v) is 10.6. The molecule has 0 N–H and O–H groups in total. The Labute approximate surface area is 99.5 Å². The van der Waals surface area contributed by atoms with E-state index in [1.54, 1.807) is 0 Å². The van der Waals surface area contributed by atoms with Crippen LogP contribution in [0.25, 0.3) is 0 Å². The highest BCUT2D eigenvalue weighted by atomic mass is 15.2. The largest absolute Gasteiger partial charge is 0.368 e. The first-order valence-corrected chi connectivity index (χ1v) is 6.71. The van der Waals surface area contributed by atoms with Gasteiger partial charge in [-0.05, 0) is 30.9 Å². The molecule has 0 saturated heterocycles. The van der Waals surface area contributed by atoms with Crippen LogP contribution in [0.15, 0.2) is 24.3 Å². The van der Waals surface area contributed by atoms with Gasteiger partial charge in [0.2, 0.25) is 0 Å². The summed E-state index contributed by atoms with van der Waals surface area (Å²) in [5, 5.41) is 0. The van der Waals surface area contributed by atoms with Gasteiger partial charge in [-0.25, -0.2) is 0 Å². The van der Waals surface area contributed by atoms with Gasteiger partial charge in [0, 0.05) is 18.3 Å². The standard InChI is InChI=1S/C15H23N/c1-3-5-9-14(4-2)16-12-11-13-8-6-7-10-15(13)16/h6-8,10,14H,3-5,9,11-12H2,1-2H3. The third-order valence-corrected chi connectivity index (χ3v) is 3.73. The van der Waals surface area contributed by atoms with Crippen LogP contribution in [0.2, 0.25) is 0 Å². The zero-order chi connectivity index (χ0) is 11.4. The molecule has 0 saturated carbocycles. The van der Waals surface area contributed by atoms with Gasteiger partial charge in [0.05, 0.1) is 0 Å². The van der Waals surface area contributed by atoms with Crippen molar-refractivity contribution in [2.45, 2.75) is 52.0 Å². The normalized spacial score (nSPS) is 16.2. The van der Waals surface area contributed by atoms with E-state index >= 15 is 0 Å². The van der Waals surface area contributed by atoms with Crippen molar-refractivity contribution in [3.05, 3.63) is 29.8 Å². The first-order valence-electron chi connectivity index (χ1n) is 6.71. The molecule has 2 rings (SSSR count). The first kappa shape index (κ1) is 11.5. The van der Waals surface area contributed by atoms with Crippen LogP contribution >= 0.6 is 0 Å². The second kappa shape index (κ2) is 5.38. The maximum Gasteiger partial charge on any atom is 0.0402 e. The minimum Gasteiger partial charge on any atom is -0.368 e. The summed E-state index contributed by atoms with van der Waals surface area (Å²) < 4.78 is 0. The molecule has 0 aromatic heterocycles. The number of unbranched alkanes of at least 4 members (excludes halogenated alkanes) is 1. The van der Waals surface area contributed by atoms with Gasteiger partial charge in [0.25, 0.3) is 0 Å². The lowest BCUT2D eigenvalue weighted by Crippen LogP contribution is -2.33. The second-order valence-electron chi connectivity index (χ2n) is 4.78. The fourth-order valence-corrected chi connectivity index (χ4v) is 2.76. The van der Waals surface area contributed by atoms with E-state index in [2.05, 4.69) is 43.0 Å². The van der Waals surface area contributed by atoms with Gasteiger partial charge >= 0.3 is 0 Å². The lowest BCUT2D eigenvalue weighted by Gasteiger charge is -2.29. The third-order valence-electron chi connectivity index (χ3n) is 3.73. The molecule has 1 aliphatic heterocycles. The lowest BCUT2D eigenvalue weighted by molar-refractivity contribution is 0.523. The van der Waals surface area contributed by atoms with Crippen molar-refractivity contribution >= 4 is 5.69 Å². The number of fused-ring (bicyclic) bond motifs is 1. The van der Waals surface area contributed by atoms with E-state index in [1.807, 2.05) is 0 Å². The maximum atomic E-state index is 2.63. The smallest absolute Gasteiger partial charge is 0.0402 e. The van der Waals surface area contributed by atoms with Crippen molar-refractivity contribution in [3.63, 3.8) is 0 Å². The number of para-hydroxylation sites is 1. The fraction of sp³-hybridized carbons (Fsp3) is 0.600. The molecule has 1 unspecified atom stereocenters. The maximum absolute atomic E-state index is 2.63. The molecule has 1 heterocycles. The summed E-state index contributed by atoms with van der Waals surface area (Å²) in [6.07, 6.45) is 6.53. The Hall–Kier alpha value is -0.980. The summed E-state index contributed by atoms with van der Waals surface area (Å²) in [6, 6.07) is 9.65. The minimum absolute atomic E-state index is 0.753. The summed E-state index contributed by atoms with van der Waals surface area (Å²) in [5.41, 5.74) is 3.03. The van der Waals surface area contributed by atoms with E-state index in [9.17, 15) is 0 Å². The second-order valence-corrected chi connectivity index (χ2v) is 4.78. The highest BCUT2D eigenvalue weighted by molar-refractivity contribution is 5.58. The fourth-order valence-electron chi connectivity index (χ4n) is 2.76. The number of benzene rings is 1. The highest BCUT2D eigenvalue weighted by Gasteiger charge is 2.23. The van der Waals surface area contributed by atoms with E-state index in [0.717, 1.165) is 6.04 Å². The Morgan fingerprint density at radius 1 is 1.25 bits per heavy atom. The van der Waals surface area contributed by atoms with Crippen molar-refractivity contribution in [3.8, 4) is 0 Å². The summed E-state index contributed by atoms with van der Waals surface area (Å²) in [4.78, 5) is 2.63.